The summed E-state index contributed by atoms with van der Waals surface area (Å²) in [4.78, 5) is 19.7. The van der Waals surface area contributed by atoms with Gasteiger partial charge in [0.15, 0.2) is 17.5 Å². The molecular weight excluding hydrogens is 297 g/mol. The van der Waals surface area contributed by atoms with Gasteiger partial charge in [-0.15, -0.1) is 0 Å². The smallest absolute Gasteiger partial charge is 0.274 e. The highest BCUT2D eigenvalue weighted by Crippen LogP contribution is 2.24. The first-order chi connectivity index (χ1) is 10.5. The lowest BCUT2D eigenvalue weighted by atomic mass is 10.2. The van der Waals surface area contributed by atoms with Crippen molar-refractivity contribution in [1.82, 2.24) is 9.97 Å². The second-order valence-corrected chi connectivity index (χ2v) is 4.88. The topological polar surface area (TPSA) is 66.9 Å². The predicted octanol–water partition coefficient (Wildman–Crippen LogP) is 2.72. The fraction of sp³-hybridized carbons (Fsp3) is 0.214. The van der Waals surface area contributed by atoms with Crippen LogP contribution in [-0.4, -0.2) is 21.9 Å². The minimum atomic E-state index is -1.64. The van der Waals surface area contributed by atoms with E-state index in [0.717, 1.165) is 25.0 Å². The molecule has 1 amide bonds. The molecule has 2 N–H and O–H groups in total. The molecule has 0 bridgehead atoms. The maximum absolute atomic E-state index is 13.5. The Bertz CT molecular complexity index is 734. The van der Waals surface area contributed by atoms with E-state index in [2.05, 4.69) is 20.6 Å². The third-order valence-electron chi connectivity index (χ3n) is 3.11. The Hall–Kier alpha value is -2.64. The highest BCUT2D eigenvalue weighted by Gasteiger charge is 2.22. The molecule has 1 saturated carbocycles. The van der Waals surface area contributed by atoms with Crippen molar-refractivity contribution in [1.29, 1.82) is 0 Å². The van der Waals surface area contributed by atoms with Gasteiger partial charge in [-0.25, -0.2) is 23.1 Å². The first-order valence-electron chi connectivity index (χ1n) is 6.58. The van der Waals surface area contributed by atoms with Crippen LogP contribution in [0.15, 0.2) is 24.5 Å². The molecule has 1 aromatic heterocycles. The van der Waals surface area contributed by atoms with Crippen molar-refractivity contribution < 1.29 is 18.0 Å². The van der Waals surface area contributed by atoms with E-state index in [1.165, 1.54) is 12.4 Å². The summed E-state index contributed by atoms with van der Waals surface area (Å²) in [6.07, 6.45) is 3.26. The summed E-state index contributed by atoms with van der Waals surface area (Å²) in [7, 11) is 0. The first kappa shape index (κ1) is 14.3. The molecule has 2 aromatic rings. The lowest BCUT2D eigenvalue weighted by molar-refractivity contribution is 0.102. The zero-order valence-electron chi connectivity index (χ0n) is 11.2. The van der Waals surface area contributed by atoms with Gasteiger partial charge >= 0.3 is 0 Å². The number of amides is 1. The van der Waals surface area contributed by atoms with Crippen molar-refractivity contribution in [3.8, 4) is 0 Å². The highest BCUT2D eigenvalue weighted by molar-refractivity contribution is 6.03. The number of anilines is 2. The molecule has 3 rings (SSSR count). The van der Waals surface area contributed by atoms with Gasteiger partial charge in [-0.2, -0.15) is 0 Å². The molecule has 1 fully saturated rings. The van der Waals surface area contributed by atoms with Gasteiger partial charge in [-0.1, -0.05) is 0 Å². The summed E-state index contributed by atoms with van der Waals surface area (Å²) >= 11 is 0. The van der Waals surface area contributed by atoms with Gasteiger partial charge in [-0.3, -0.25) is 4.79 Å². The quantitative estimate of drug-likeness (QED) is 0.852. The third kappa shape index (κ3) is 3.00. The maximum Gasteiger partial charge on any atom is 0.274 e. The fourth-order valence-corrected chi connectivity index (χ4v) is 1.81. The molecule has 0 unspecified atom stereocenters. The van der Waals surface area contributed by atoms with Crippen LogP contribution in [0.1, 0.15) is 23.3 Å². The molecule has 1 aliphatic carbocycles. The van der Waals surface area contributed by atoms with E-state index < -0.39 is 29.0 Å². The van der Waals surface area contributed by atoms with Crippen LogP contribution in [0.2, 0.25) is 0 Å². The number of hydrogen-bond donors (Lipinski definition) is 2. The van der Waals surface area contributed by atoms with E-state index in [-0.39, 0.29) is 5.69 Å². The number of hydrogen-bond acceptors (Lipinski definition) is 4. The van der Waals surface area contributed by atoms with E-state index in [9.17, 15) is 18.0 Å². The Morgan fingerprint density at radius 1 is 1.14 bits per heavy atom. The SMILES string of the molecule is O=C(Nc1ccc(F)c(F)c1F)c1cc(NC2CC2)ncn1. The number of rotatable bonds is 4. The van der Waals surface area contributed by atoms with Crippen LogP contribution in [-0.2, 0) is 0 Å². The van der Waals surface area contributed by atoms with Gasteiger partial charge in [0.2, 0.25) is 0 Å². The van der Waals surface area contributed by atoms with Gasteiger partial charge < -0.3 is 10.6 Å². The standard InChI is InChI=1S/C14H11F3N4O/c15-8-3-4-9(13(17)12(8)16)21-14(22)10-5-11(19-6-18-10)20-7-1-2-7/h3-7H,1-2H2,(H,21,22)(H,18,19,20). The second kappa shape index (κ2) is 5.63. The normalized spacial score (nSPS) is 13.8. The molecule has 22 heavy (non-hydrogen) atoms. The van der Waals surface area contributed by atoms with Crippen LogP contribution in [0.25, 0.3) is 0 Å². The molecule has 5 nitrogen and oxygen atoms in total. The molecular formula is C14H11F3N4O. The van der Waals surface area contributed by atoms with Crippen LogP contribution >= 0.6 is 0 Å². The van der Waals surface area contributed by atoms with Crippen LogP contribution in [0.5, 0.6) is 0 Å². The lowest BCUT2D eigenvalue weighted by Crippen LogP contribution is -2.16. The molecule has 1 aliphatic rings. The summed E-state index contributed by atoms with van der Waals surface area (Å²) in [5.41, 5.74) is -0.471. The van der Waals surface area contributed by atoms with Crippen molar-refractivity contribution in [2.75, 3.05) is 10.6 Å². The zero-order valence-corrected chi connectivity index (χ0v) is 11.2. The molecule has 1 heterocycles. The van der Waals surface area contributed by atoms with Gasteiger partial charge in [0.25, 0.3) is 5.91 Å². The second-order valence-electron chi connectivity index (χ2n) is 4.88. The first-order valence-corrected chi connectivity index (χ1v) is 6.58. The van der Waals surface area contributed by atoms with E-state index in [4.69, 9.17) is 0 Å². The third-order valence-corrected chi connectivity index (χ3v) is 3.11. The Labute approximate surface area is 123 Å². The summed E-state index contributed by atoms with van der Waals surface area (Å²) < 4.78 is 39.5. The molecule has 0 atom stereocenters. The molecule has 0 radical (unpaired) electrons. The average molecular weight is 308 g/mol. The molecule has 0 aliphatic heterocycles. The number of aromatic nitrogens is 2. The predicted molar refractivity (Wildman–Crippen MR) is 72.9 cm³/mol. The number of benzene rings is 1. The number of carbonyl (C=O) groups excluding carboxylic acids is 1. The Kier molecular flexibility index (Phi) is 3.66. The van der Waals surface area contributed by atoms with Gasteiger partial charge in [0.1, 0.15) is 17.8 Å². The van der Waals surface area contributed by atoms with E-state index in [1.54, 1.807) is 0 Å². The molecule has 1 aromatic carbocycles. The molecule has 8 heteroatoms. The molecule has 0 spiro atoms. The van der Waals surface area contributed by atoms with Crippen LogP contribution in [0.3, 0.4) is 0 Å². The van der Waals surface area contributed by atoms with Gasteiger partial charge in [0.05, 0.1) is 5.69 Å². The number of nitrogens with zero attached hydrogens (tertiary/aromatic N) is 2. The Balaban J connectivity index is 1.78. The van der Waals surface area contributed by atoms with Gasteiger partial charge in [-0.05, 0) is 25.0 Å². The van der Waals surface area contributed by atoms with Crippen molar-refractivity contribution >= 4 is 17.4 Å². The lowest BCUT2D eigenvalue weighted by Gasteiger charge is -2.08. The highest BCUT2D eigenvalue weighted by atomic mass is 19.2. The van der Waals surface area contributed by atoms with Crippen molar-refractivity contribution in [2.45, 2.75) is 18.9 Å². The summed E-state index contributed by atoms with van der Waals surface area (Å²) in [6.45, 7) is 0. The number of nitrogens with one attached hydrogen (secondary N) is 2. The summed E-state index contributed by atoms with van der Waals surface area (Å²) in [5, 5.41) is 5.24. The van der Waals surface area contributed by atoms with Crippen molar-refractivity contribution in [3.05, 3.63) is 47.7 Å². The fourth-order valence-electron chi connectivity index (χ4n) is 1.81. The number of carbonyl (C=O) groups is 1. The Morgan fingerprint density at radius 3 is 2.64 bits per heavy atom. The van der Waals surface area contributed by atoms with Crippen molar-refractivity contribution in [2.24, 2.45) is 0 Å². The summed E-state index contributed by atoms with van der Waals surface area (Å²) in [5.74, 6) is -4.69. The minimum Gasteiger partial charge on any atom is -0.367 e. The van der Waals surface area contributed by atoms with E-state index in [1.807, 2.05) is 0 Å². The largest absolute Gasteiger partial charge is 0.367 e. The van der Waals surface area contributed by atoms with Crippen LogP contribution in [0, 0.1) is 17.5 Å². The monoisotopic (exact) mass is 308 g/mol. The molecule has 0 saturated heterocycles. The number of halogens is 3. The summed E-state index contributed by atoms with van der Waals surface area (Å²) in [6, 6.07) is 3.42. The van der Waals surface area contributed by atoms with Gasteiger partial charge in [0, 0.05) is 12.1 Å². The average Bonchev–Trinajstić information content (AvgIpc) is 3.32. The van der Waals surface area contributed by atoms with Crippen molar-refractivity contribution in [3.63, 3.8) is 0 Å². The maximum atomic E-state index is 13.5. The van der Waals surface area contributed by atoms with Crippen LogP contribution in [0.4, 0.5) is 24.7 Å². The van der Waals surface area contributed by atoms with E-state index in [0.29, 0.717) is 11.9 Å². The Morgan fingerprint density at radius 2 is 1.91 bits per heavy atom. The van der Waals surface area contributed by atoms with E-state index >= 15 is 0 Å². The minimum absolute atomic E-state index is 0.0118. The zero-order chi connectivity index (χ0) is 15.7. The van der Waals surface area contributed by atoms with Crippen LogP contribution < -0.4 is 10.6 Å². The molecule has 114 valence electrons.